The zero-order chi connectivity index (χ0) is 25.2. The van der Waals surface area contributed by atoms with Gasteiger partial charge in [0.25, 0.3) is 11.8 Å². The number of nitrogens with one attached hydrogen (secondary N) is 2. The number of hydrogen-bond acceptors (Lipinski definition) is 6. The summed E-state index contributed by atoms with van der Waals surface area (Å²) in [5, 5.41) is 15.2. The van der Waals surface area contributed by atoms with E-state index in [1.54, 1.807) is 66.7 Å². The van der Waals surface area contributed by atoms with Crippen LogP contribution in [0.4, 0.5) is 11.4 Å². The largest absolute Gasteiger partial charge is 0.495 e. The predicted octanol–water partition coefficient (Wildman–Crippen LogP) is 4.92. The van der Waals surface area contributed by atoms with Crippen LogP contribution in [0.5, 0.6) is 17.2 Å². The van der Waals surface area contributed by atoms with Crippen LogP contribution in [0.1, 0.15) is 5.56 Å². The van der Waals surface area contributed by atoms with E-state index < -0.39 is 5.91 Å². The van der Waals surface area contributed by atoms with Crippen molar-refractivity contribution in [1.82, 2.24) is 0 Å². The first-order valence-corrected chi connectivity index (χ1v) is 10.7. The summed E-state index contributed by atoms with van der Waals surface area (Å²) in [6, 6.07) is 20.4. The van der Waals surface area contributed by atoms with Crippen LogP contribution in [0.3, 0.4) is 0 Å². The van der Waals surface area contributed by atoms with E-state index in [0.29, 0.717) is 39.2 Å². The average Bonchev–Trinajstić information content (AvgIpc) is 2.87. The monoisotopic (exact) mass is 491 g/mol. The molecule has 0 spiro atoms. The Kier molecular flexibility index (Phi) is 8.70. The number of ether oxygens (including phenoxy) is 3. The Balaban J connectivity index is 1.69. The zero-order valence-electron chi connectivity index (χ0n) is 19.0. The molecule has 3 rings (SSSR count). The summed E-state index contributed by atoms with van der Waals surface area (Å²) in [5.74, 6) is 0.185. The standard InChI is InChI=1S/C26H22ClN3O5/c1-33-22-10-6-5-9-21(22)29-25(31)16-35-23-12-11-17(14-24(23)34-2)13-18(15-28)26(32)30-20-8-4-3-7-19(20)27/h3-14H,16H2,1-2H3,(H,29,31)(H,30,32)/b18-13+. The van der Waals surface area contributed by atoms with Crippen LogP contribution in [0, 0.1) is 11.3 Å². The molecule has 178 valence electrons. The van der Waals surface area contributed by atoms with Gasteiger partial charge in [-0.15, -0.1) is 0 Å². The third-order valence-electron chi connectivity index (χ3n) is 4.73. The number of halogens is 1. The third kappa shape index (κ3) is 6.76. The Hall–Kier alpha value is -4.48. The number of amides is 2. The summed E-state index contributed by atoms with van der Waals surface area (Å²) in [5.41, 5.74) is 1.32. The molecular weight excluding hydrogens is 470 g/mol. The van der Waals surface area contributed by atoms with Crippen molar-refractivity contribution in [3.05, 3.63) is 82.9 Å². The van der Waals surface area contributed by atoms with Crippen LogP contribution in [0.25, 0.3) is 6.08 Å². The normalized spacial score (nSPS) is 10.6. The van der Waals surface area contributed by atoms with E-state index in [0.717, 1.165) is 0 Å². The highest BCUT2D eigenvalue weighted by Crippen LogP contribution is 2.29. The molecule has 0 fully saturated rings. The molecule has 0 aliphatic carbocycles. The number of benzene rings is 3. The lowest BCUT2D eigenvalue weighted by Crippen LogP contribution is -2.20. The molecule has 0 heterocycles. The molecule has 3 aromatic carbocycles. The van der Waals surface area contributed by atoms with Crippen LogP contribution in [-0.2, 0) is 9.59 Å². The summed E-state index contributed by atoms with van der Waals surface area (Å²) < 4.78 is 16.2. The van der Waals surface area contributed by atoms with Crippen molar-refractivity contribution in [1.29, 1.82) is 5.26 Å². The van der Waals surface area contributed by atoms with Gasteiger partial charge in [-0.05, 0) is 48.0 Å². The Labute approximate surface area is 207 Å². The molecule has 8 nitrogen and oxygen atoms in total. The number of carbonyl (C=O) groups excluding carboxylic acids is 2. The average molecular weight is 492 g/mol. The van der Waals surface area contributed by atoms with Gasteiger partial charge in [0.05, 0.1) is 30.6 Å². The molecule has 2 amide bonds. The van der Waals surface area contributed by atoms with Gasteiger partial charge < -0.3 is 24.8 Å². The molecular formula is C26H22ClN3O5. The van der Waals surface area contributed by atoms with Crippen LogP contribution >= 0.6 is 11.6 Å². The van der Waals surface area contributed by atoms with E-state index >= 15 is 0 Å². The second kappa shape index (κ2) is 12.1. The summed E-state index contributed by atoms with van der Waals surface area (Å²) in [7, 11) is 2.96. The number of rotatable bonds is 9. The highest BCUT2D eigenvalue weighted by molar-refractivity contribution is 6.34. The fraction of sp³-hybridized carbons (Fsp3) is 0.115. The summed E-state index contributed by atoms with van der Waals surface area (Å²) in [6.45, 7) is -0.271. The van der Waals surface area contributed by atoms with Crippen LogP contribution in [-0.4, -0.2) is 32.6 Å². The van der Waals surface area contributed by atoms with Gasteiger partial charge in [0.15, 0.2) is 18.1 Å². The van der Waals surface area contributed by atoms with E-state index in [2.05, 4.69) is 10.6 Å². The fourth-order valence-corrected chi connectivity index (χ4v) is 3.22. The lowest BCUT2D eigenvalue weighted by Gasteiger charge is -2.13. The van der Waals surface area contributed by atoms with Crippen molar-refractivity contribution in [3.8, 4) is 23.3 Å². The number of hydrogen-bond donors (Lipinski definition) is 2. The van der Waals surface area contributed by atoms with Gasteiger partial charge in [-0.2, -0.15) is 5.26 Å². The predicted molar refractivity (Wildman–Crippen MR) is 134 cm³/mol. The number of nitriles is 1. The van der Waals surface area contributed by atoms with Crippen molar-refractivity contribution in [2.75, 3.05) is 31.5 Å². The Bertz CT molecular complexity index is 1300. The van der Waals surface area contributed by atoms with Gasteiger partial charge in [-0.3, -0.25) is 9.59 Å². The van der Waals surface area contributed by atoms with Gasteiger partial charge in [0.1, 0.15) is 17.4 Å². The van der Waals surface area contributed by atoms with Crippen molar-refractivity contribution in [3.63, 3.8) is 0 Å². The van der Waals surface area contributed by atoms with Crippen LogP contribution in [0.15, 0.2) is 72.3 Å². The van der Waals surface area contributed by atoms with E-state index in [4.69, 9.17) is 25.8 Å². The number of carbonyl (C=O) groups is 2. The molecule has 0 saturated heterocycles. The SMILES string of the molecule is COc1ccccc1NC(=O)COc1ccc(/C=C(\C#N)C(=O)Nc2ccccc2Cl)cc1OC. The summed E-state index contributed by atoms with van der Waals surface area (Å²) in [4.78, 5) is 24.8. The van der Waals surface area contributed by atoms with Crippen molar-refractivity contribution >= 4 is 40.9 Å². The molecule has 0 saturated carbocycles. The van der Waals surface area contributed by atoms with Gasteiger partial charge >= 0.3 is 0 Å². The number of para-hydroxylation sites is 3. The van der Waals surface area contributed by atoms with Crippen LogP contribution < -0.4 is 24.8 Å². The molecule has 0 aliphatic heterocycles. The third-order valence-corrected chi connectivity index (χ3v) is 5.06. The Morgan fingerprint density at radius 3 is 2.29 bits per heavy atom. The van der Waals surface area contributed by atoms with Crippen molar-refractivity contribution in [2.45, 2.75) is 0 Å². The van der Waals surface area contributed by atoms with Gasteiger partial charge in [-0.25, -0.2) is 0 Å². The summed E-state index contributed by atoms with van der Waals surface area (Å²) >= 11 is 6.06. The molecule has 0 bridgehead atoms. The van der Waals surface area contributed by atoms with E-state index in [1.807, 2.05) is 6.07 Å². The second-order valence-electron chi connectivity index (χ2n) is 7.05. The molecule has 3 aromatic rings. The number of nitrogens with zero attached hydrogens (tertiary/aromatic N) is 1. The minimum absolute atomic E-state index is 0.128. The van der Waals surface area contributed by atoms with Crippen LogP contribution in [0.2, 0.25) is 5.02 Å². The Morgan fingerprint density at radius 2 is 1.60 bits per heavy atom. The minimum atomic E-state index is -0.604. The van der Waals surface area contributed by atoms with E-state index in [1.165, 1.54) is 20.3 Å². The van der Waals surface area contributed by atoms with Gasteiger partial charge in [0.2, 0.25) is 0 Å². The highest BCUT2D eigenvalue weighted by Gasteiger charge is 2.14. The lowest BCUT2D eigenvalue weighted by atomic mass is 10.1. The topological polar surface area (TPSA) is 110 Å². The molecule has 0 unspecified atom stereocenters. The maximum absolute atomic E-state index is 12.5. The zero-order valence-corrected chi connectivity index (χ0v) is 19.8. The second-order valence-corrected chi connectivity index (χ2v) is 7.46. The maximum Gasteiger partial charge on any atom is 0.266 e. The fourth-order valence-electron chi connectivity index (χ4n) is 3.04. The first-order chi connectivity index (χ1) is 16.9. The smallest absolute Gasteiger partial charge is 0.266 e. The first kappa shape index (κ1) is 25.1. The van der Waals surface area contributed by atoms with Gasteiger partial charge in [0, 0.05) is 0 Å². The molecule has 9 heteroatoms. The highest BCUT2D eigenvalue weighted by atomic mass is 35.5. The van der Waals surface area contributed by atoms with Gasteiger partial charge in [-0.1, -0.05) is 41.9 Å². The van der Waals surface area contributed by atoms with Crippen molar-refractivity contribution in [2.24, 2.45) is 0 Å². The Morgan fingerprint density at radius 1 is 0.914 bits per heavy atom. The number of methoxy groups -OCH3 is 2. The molecule has 0 atom stereocenters. The molecule has 0 aliphatic rings. The summed E-state index contributed by atoms with van der Waals surface area (Å²) in [6.07, 6.45) is 1.41. The molecule has 2 N–H and O–H groups in total. The number of anilines is 2. The van der Waals surface area contributed by atoms with E-state index in [9.17, 15) is 14.9 Å². The lowest BCUT2D eigenvalue weighted by molar-refractivity contribution is -0.118. The molecule has 35 heavy (non-hydrogen) atoms. The quantitative estimate of drug-likeness (QED) is 0.325. The van der Waals surface area contributed by atoms with E-state index in [-0.39, 0.29) is 18.1 Å². The van der Waals surface area contributed by atoms with Crippen molar-refractivity contribution < 1.29 is 23.8 Å². The maximum atomic E-state index is 12.5. The molecule has 0 aromatic heterocycles. The first-order valence-electron chi connectivity index (χ1n) is 10.4. The molecule has 0 radical (unpaired) electrons. The minimum Gasteiger partial charge on any atom is -0.495 e.